The van der Waals surface area contributed by atoms with E-state index in [9.17, 15) is 15.4 Å². The number of fused-ring (bicyclic) bond motifs is 1. The number of nitro groups is 1. The number of anilines is 1. The number of ether oxygens (including phenoxy) is 1. The van der Waals surface area contributed by atoms with Gasteiger partial charge in [-0.05, 0) is 85.4 Å². The topological polar surface area (TPSA) is 126 Å². The van der Waals surface area contributed by atoms with Crippen molar-refractivity contribution in [2.45, 2.75) is 92.3 Å². The van der Waals surface area contributed by atoms with Gasteiger partial charge in [-0.15, -0.1) is 10.2 Å². The molecule has 0 N–H and O–H groups in total. The molecule has 244 valence electrons. The maximum atomic E-state index is 11.1. The van der Waals surface area contributed by atoms with E-state index in [0.717, 1.165) is 42.6 Å². The molecule has 12 heteroatoms. The number of hydrogen-bond acceptors (Lipinski definition) is 10. The van der Waals surface area contributed by atoms with Crippen molar-refractivity contribution in [3.8, 4) is 11.8 Å². The van der Waals surface area contributed by atoms with E-state index in [4.69, 9.17) is 13.8 Å². The van der Waals surface area contributed by atoms with Crippen LogP contribution in [0.4, 0.5) is 22.7 Å². The lowest BCUT2D eigenvalue weighted by atomic mass is 9.88. The Labute approximate surface area is 269 Å². The summed E-state index contributed by atoms with van der Waals surface area (Å²) < 4.78 is 20.6. The highest BCUT2D eigenvalue weighted by Crippen LogP contribution is 2.47. The Kier molecular flexibility index (Phi) is 13.0. The van der Waals surface area contributed by atoms with Crippen molar-refractivity contribution in [1.29, 1.82) is 5.26 Å². The molecule has 2 aromatic carbocycles. The first-order valence-corrected chi connectivity index (χ1v) is 16.6. The van der Waals surface area contributed by atoms with Gasteiger partial charge in [0.15, 0.2) is 0 Å². The third kappa shape index (κ3) is 9.08. The standard InChI is InChI=1S/C33H47N6O5P/c1-10-16-43-45(38(23(2)3)24(4)5)44-17-12-11-15-37-31-20-32(42-9)30(19-28(31)25(6)21-33(37,7)8)36-35-29-14-13-27(39(40)41)18-26(29)22-34/h13-14,18-21,23-24H,10-12,15-17H2,1-9H3/b36-35+. The molecule has 11 nitrogen and oxygen atoms in total. The summed E-state index contributed by atoms with van der Waals surface area (Å²) in [5.74, 6) is 0.540. The van der Waals surface area contributed by atoms with Gasteiger partial charge in [0.25, 0.3) is 14.2 Å². The third-order valence-electron chi connectivity index (χ3n) is 7.49. The SMILES string of the molecule is CCCOP(OCCCCN1c2cc(OC)c(/N=N/c3ccc([N+](=O)[O-])cc3C#N)cc2C(C)=CC1(C)C)N(C(C)C)C(C)C. The number of nitro benzene ring substituents is 1. The Morgan fingerprint density at radius 3 is 2.33 bits per heavy atom. The third-order valence-corrected chi connectivity index (χ3v) is 9.59. The average molecular weight is 639 g/mol. The molecule has 0 aliphatic carbocycles. The van der Waals surface area contributed by atoms with Crippen LogP contribution in [0.3, 0.4) is 0 Å². The maximum absolute atomic E-state index is 11.1. The molecule has 2 aromatic rings. The molecule has 0 radical (unpaired) electrons. The molecular weight excluding hydrogens is 591 g/mol. The second-order valence-corrected chi connectivity index (χ2v) is 13.6. The van der Waals surface area contributed by atoms with E-state index < -0.39 is 13.4 Å². The van der Waals surface area contributed by atoms with Gasteiger partial charge in [-0.2, -0.15) is 5.26 Å². The van der Waals surface area contributed by atoms with E-state index in [1.807, 2.05) is 18.2 Å². The molecule has 0 saturated heterocycles. The second kappa shape index (κ2) is 16.2. The Morgan fingerprint density at radius 2 is 1.73 bits per heavy atom. The number of hydrogen-bond donors (Lipinski definition) is 0. The first-order valence-electron chi connectivity index (χ1n) is 15.5. The first kappa shape index (κ1) is 36.1. The number of benzene rings is 2. The van der Waals surface area contributed by atoms with E-state index in [2.05, 4.69) is 81.3 Å². The summed E-state index contributed by atoms with van der Waals surface area (Å²) in [6, 6.07) is 10.5. The van der Waals surface area contributed by atoms with Crippen molar-refractivity contribution in [2.75, 3.05) is 31.8 Å². The van der Waals surface area contributed by atoms with Gasteiger partial charge in [0.1, 0.15) is 23.2 Å². The van der Waals surface area contributed by atoms with Gasteiger partial charge in [0, 0.05) is 48.1 Å². The molecule has 0 saturated carbocycles. The number of non-ortho nitro benzene ring substituents is 1. The average Bonchev–Trinajstić information content (AvgIpc) is 2.98. The van der Waals surface area contributed by atoms with E-state index in [0.29, 0.717) is 36.7 Å². The predicted octanol–water partition coefficient (Wildman–Crippen LogP) is 9.46. The number of methoxy groups -OCH3 is 1. The summed E-state index contributed by atoms with van der Waals surface area (Å²) in [6.45, 7) is 19.4. The van der Waals surface area contributed by atoms with Crippen LogP contribution in [0.5, 0.6) is 5.75 Å². The zero-order chi connectivity index (χ0) is 33.3. The fourth-order valence-electron chi connectivity index (χ4n) is 5.49. The minimum Gasteiger partial charge on any atom is -0.494 e. The van der Waals surface area contributed by atoms with E-state index in [1.54, 1.807) is 7.11 Å². The van der Waals surface area contributed by atoms with E-state index in [1.165, 1.54) is 18.2 Å². The lowest BCUT2D eigenvalue weighted by Gasteiger charge is -2.43. The maximum Gasteiger partial charge on any atom is 0.270 e. The largest absolute Gasteiger partial charge is 0.494 e. The van der Waals surface area contributed by atoms with E-state index >= 15 is 0 Å². The molecule has 0 fully saturated rings. The summed E-state index contributed by atoms with van der Waals surface area (Å²) in [5.41, 5.74) is 3.59. The Morgan fingerprint density at radius 1 is 1.07 bits per heavy atom. The van der Waals surface area contributed by atoms with Gasteiger partial charge >= 0.3 is 0 Å². The Balaban J connectivity index is 1.80. The van der Waals surface area contributed by atoms with Gasteiger partial charge in [0.2, 0.25) is 0 Å². The second-order valence-electron chi connectivity index (χ2n) is 12.1. The minimum absolute atomic E-state index is 0.0727. The highest BCUT2D eigenvalue weighted by Gasteiger charge is 2.32. The van der Waals surface area contributed by atoms with Gasteiger partial charge in [-0.25, -0.2) is 4.67 Å². The van der Waals surface area contributed by atoms with Crippen molar-refractivity contribution in [3.05, 3.63) is 57.6 Å². The lowest BCUT2D eigenvalue weighted by molar-refractivity contribution is -0.384. The molecule has 1 aliphatic heterocycles. The molecule has 0 aromatic heterocycles. The van der Waals surface area contributed by atoms with Crippen molar-refractivity contribution in [3.63, 3.8) is 0 Å². The zero-order valence-corrected chi connectivity index (χ0v) is 28.9. The summed E-state index contributed by atoms with van der Waals surface area (Å²) in [4.78, 5) is 13.0. The Bertz CT molecular complexity index is 1430. The number of nitrogens with zero attached hydrogens (tertiary/aromatic N) is 6. The summed E-state index contributed by atoms with van der Waals surface area (Å²) in [7, 11) is 0.466. The number of azo groups is 1. The monoisotopic (exact) mass is 638 g/mol. The van der Waals surface area contributed by atoms with Gasteiger partial charge in [0.05, 0.1) is 36.3 Å². The van der Waals surface area contributed by atoms with Crippen LogP contribution in [0.1, 0.15) is 85.8 Å². The molecule has 1 atom stereocenters. The quantitative estimate of drug-likeness (QED) is 0.0585. The highest BCUT2D eigenvalue weighted by atomic mass is 31.2. The molecule has 3 rings (SSSR count). The fourth-order valence-corrected chi connectivity index (χ4v) is 7.21. The normalized spacial score (nSPS) is 15.0. The van der Waals surface area contributed by atoms with E-state index in [-0.39, 0.29) is 22.5 Å². The van der Waals surface area contributed by atoms with Gasteiger partial charge < -0.3 is 18.7 Å². The van der Waals surface area contributed by atoms with Crippen LogP contribution in [-0.2, 0) is 9.05 Å². The number of unbranched alkanes of at least 4 members (excludes halogenated alkanes) is 1. The minimum atomic E-state index is -1.12. The van der Waals surface area contributed by atoms with Crippen LogP contribution in [0.15, 0.2) is 46.6 Å². The fraction of sp³-hybridized carbons (Fsp3) is 0.545. The molecule has 1 unspecified atom stereocenters. The summed E-state index contributed by atoms with van der Waals surface area (Å²) in [6.07, 6.45) is 5.03. The summed E-state index contributed by atoms with van der Waals surface area (Å²) in [5, 5.41) is 29.3. The number of allylic oxidation sites excluding steroid dienone is 1. The van der Waals surface area contributed by atoms with Crippen LogP contribution < -0.4 is 9.64 Å². The predicted molar refractivity (Wildman–Crippen MR) is 181 cm³/mol. The molecule has 0 bridgehead atoms. The van der Waals surface area contributed by atoms with Crippen molar-refractivity contribution < 1.29 is 18.7 Å². The smallest absolute Gasteiger partial charge is 0.270 e. The molecule has 1 heterocycles. The molecular formula is C33H47N6O5P. The lowest BCUT2D eigenvalue weighted by Crippen LogP contribution is -2.45. The van der Waals surface area contributed by atoms with Crippen molar-refractivity contribution in [2.24, 2.45) is 10.2 Å². The zero-order valence-electron chi connectivity index (χ0n) is 28.0. The first-order chi connectivity index (χ1) is 21.3. The highest BCUT2D eigenvalue weighted by molar-refractivity contribution is 7.44. The number of nitriles is 1. The molecule has 45 heavy (non-hydrogen) atoms. The van der Waals surface area contributed by atoms with Gasteiger partial charge in [-0.3, -0.25) is 10.1 Å². The van der Waals surface area contributed by atoms with Crippen molar-refractivity contribution in [1.82, 2.24) is 4.67 Å². The van der Waals surface area contributed by atoms with Gasteiger partial charge in [-0.1, -0.05) is 13.0 Å². The van der Waals surface area contributed by atoms with Crippen LogP contribution >= 0.6 is 8.53 Å². The van der Waals surface area contributed by atoms with Crippen LogP contribution in [-0.4, -0.2) is 54.1 Å². The van der Waals surface area contributed by atoms with Crippen LogP contribution in [0.25, 0.3) is 5.57 Å². The van der Waals surface area contributed by atoms with Crippen LogP contribution in [0.2, 0.25) is 0 Å². The molecule has 1 aliphatic rings. The molecule has 0 spiro atoms. The van der Waals surface area contributed by atoms with Crippen LogP contribution in [0, 0.1) is 21.4 Å². The summed E-state index contributed by atoms with van der Waals surface area (Å²) >= 11 is 0. The number of rotatable bonds is 16. The Hall–Kier alpha value is -3.42. The van der Waals surface area contributed by atoms with Crippen molar-refractivity contribution >= 4 is 36.8 Å². The molecule has 0 amide bonds.